The minimum Gasteiger partial charge on any atom is -0.357 e. The maximum atomic E-state index is 14.2. The van der Waals surface area contributed by atoms with Crippen LogP contribution in [0.15, 0.2) is 53.5 Å². The zero-order valence-electron chi connectivity index (χ0n) is 17.1. The second-order valence-corrected chi connectivity index (χ2v) is 7.37. The number of guanidine groups is 1. The van der Waals surface area contributed by atoms with Gasteiger partial charge in [0.2, 0.25) is 0 Å². The van der Waals surface area contributed by atoms with Crippen molar-refractivity contribution in [2.75, 3.05) is 19.6 Å². The molecule has 0 atom stereocenters. The number of carbonyl (C=O) groups excluding carboxylic acids is 1. The SMILES string of the molecule is CCNC(=O)c1cccc(CN=C(NCC)NCC2(c3ccccc3F)CC2)c1. The molecular weight excluding hydrogens is 367 g/mol. The van der Waals surface area contributed by atoms with Crippen LogP contribution in [0.4, 0.5) is 4.39 Å². The molecule has 1 saturated carbocycles. The third kappa shape index (κ3) is 5.34. The molecule has 2 aromatic rings. The molecule has 5 nitrogen and oxygen atoms in total. The fraction of sp³-hybridized carbons (Fsp3) is 0.391. The van der Waals surface area contributed by atoms with E-state index in [2.05, 4.69) is 20.9 Å². The predicted molar refractivity (Wildman–Crippen MR) is 115 cm³/mol. The van der Waals surface area contributed by atoms with Crippen molar-refractivity contribution in [2.45, 2.75) is 38.6 Å². The summed E-state index contributed by atoms with van der Waals surface area (Å²) >= 11 is 0. The molecular formula is C23H29FN4O. The van der Waals surface area contributed by atoms with Gasteiger partial charge in [0, 0.05) is 30.6 Å². The van der Waals surface area contributed by atoms with Gasteiger partial charge >= 0.3 is 0 Å². The smallest absolute Gasteiger partial charge is 0.251 e. The highest BCUT2D eigenvalue weighted by molar-refractivity contribution is 5.94. The molecule has 1 fully saturated rings. The van der Waals surface area contributed by atoms with Crippen molar-refractivity contribution >= 4 is 11.9 Å². The molecule has 0 radical (unpaired) electrons. The summed E-state index contributed by atoms with van der Waals surface area (Å²) in [5.41, 5.74) is 2.22. The Morgan fingerprint density at radius 1 is 1.03 bits per heavy atom. The molecule has 0 aromatic heterocycles. The maximum absolute atomic E-state index is 14.2. The van der Waals surface area contributed by atoms with Gasteiger partial charge in [0.15, 0.2) is 5.96 Å². The first kappa shape index (κ1) is 20.8. The summed E-state index contributed by atoms with van der Waals surface area (Å²) in [7, 11) is 0. The van der Waals surface area contributed by atoms with Crippen molar-refractivity contribution < 1.29 is 9.18 Å². The number of benzene rings is 2. The average molecular weight is 397 g/mol. The number of rotatable bonds is 8. The van der Waals surface area contributed by atoms with Crippen LogP contribution < -0.4 is 16.0 Å². The average Bonchev–Trinajstić information content (AvgIpc) is 3.52. The normalized spacial score (nSPS) is 14.9. The van der Waals surface area contributed by atoms with Crippen LogP contribution in [0.1, 0.15) is 48.2 Å². The Labute approximate surface area is 171 Å². The third-order valence-electron chi connectivity index (χ3n) is 5.18. The third-order valence-corrected chi connectivity index (χ3v) is 5.18. The highest BCUT2D eigenvalue weighted by Gasteiger charge is 2.45. The first-order valence-electron chi connectivity index (χ1n) is 10.2. The van der Waals surface area contributed by atoms with E-state index in [1.54, 1.807) is 12.1 Å². The second-order valence-electron chi connectivity index (χ2n) is 7.37. The van der Waals surface area contributed by atoms with Crippen molar-refractivity contribution in [3.8, 4) is 0 Å². The molecule has 2 aromatic carbocycles. The van der Waals surface area contributed by atoms with E-state index in [1.165, 1.54) is 6.07 Å². The van der Waals surface area contributed by atoms with E-state index in [1.807, 2.05) is 44.2 Å². The molecule has 1 aliphatic carbocycles. The second kappa shape index (κ2) is 9.54. The Morgan fingerprint density at radius 3 is 2.48 bits per heavy atom. The molecule has 3 N–H and O–H groups in total. The van der Waals surface area contributed by atoms with Crippen molar-refractivity contribution in [3.05, 3.63) is 71.0 Å². The van der Waals surface area contributed by atoms with Crippen LogP contribution in [0, 0.1) is 5.82 Å². The van der Waals surface area contributed by atoms with Gasteiger partial charge in [-0.3, -0.25) is 4.79 Å². The van der Waals surface area contributed by atoms with Gasteiger partial charge in [-0.15, -0.1) is 0 Å². The monoisotopic (exact) mass is 396 g/mol. The first-order valence-corrected chi connectivity index (χ1v) is 10.2. The number of amides is 1. The molecule has 0 aliphatic heterocycles. The van der Waals surface area contributed by atoms with Gasteiger partial charge in [-0.1, -0.05) is 30.3 Å². The molecule has 3 rings (SSSR count). The molecule has 0 unspecified atom stereocenters. The van der Waals surface area contributed by atoms with Gasteiger partial charge in [0.1, 0.15) is 5.82 Å². The molecule has 0 spiro atoms. The number of nitrogens with zero attached hydrogens (tertiary/aromatic N) is 1. The van der Waals surface area contributed by atoms with E-state index in [4.69, 9.17) is 0 Å². The Morgan fingerprint density at radius 2 is 1.79 bits per heavy atom. The minimum absolute atomic E-state index is 0.0797. The molecule has 29 heavy (non-hydrogen) atoms. The summed E-state index contributed by atoms with van der Waals surface area (Å²) < 4.78 is 14.2. The number of halogens is 1. The summed E-state index contributed by atoms with van der Waals surface area (Å²) in [6, 6.07) is 14.5. The molecule has 6 heteroatoms. The van der Waals surface area contributed by atoms with Crippen LogP contribution in [0.2, 0.25) is 0 Å². The Bertz CT molecular complexity index is 877. The van der Waals surface area contributed by atoms with Gasteiger partial charge < -0.3 is 16.0 Å². The Hall–Kier alpha value is -2.89. The highest BCUT2D eigenvalue weighted by atomic mass is 19.1. The maximum Gasteiger partial charge on any atom is 0.251 e. The Balaban J connectivity index is 1.66. The van der Waals surface area contributed by atoms with E-state index in [-0.39, 0.29) is 17.1 Å². The van der Waals surface area contributed by atoms with E-state index in [0.29, 0.717) is 31.2 Å². The zero-order valence-corrected chi connectivity index (χ0v) is 17.1. The summed E-state index contributed by atoms with van der Waals surface area (Å²) in [6.07, 6.45) is 1.93. The molecule has 1 aliphatic rings. The van der Waals surface area contributed by atoms with Crippen LogP contribution in [0.25, 0.3) is 0 Å². The van der Waals surface area contributed by atoms with E-state index in [0.717, 1.165) is 30.5 Å². The van der Waals surface area contributed by atoms with Crippen molar-refractivity contribution in [1.82, 2.24) is 16.0 Å². The number of carbonyl (C=O) groups is 1. The minimum atomic E-state index is -0.153. The fourth-order valence-corrected chi connectivity index (χ4v) is 3.42. The molecule has 0 heterocycles. The quantitative estimate of drug-likeness (QED) is 0.474. The summed E-state index contributed by atoms with van der Waals surface area (Å²) in [4.78, 5) is 16.7. The van der Waals surface area contributed by atoms with Crippen molar-refractivity contribution in [3.63, 3.8) is 0 Å². The van der Waals surface area contributed by atoms with E-state index in [9.17, 15) is 9.18 Å². The lowest BCUT2D eigenvalue weighted by molar-refractivity contribution is 0.0955. The predicted octanol–water partition coefficient (Wildman–Crippen LogP) is 3.36. The van der Waals surface area contributed by atoms with Gasteiger partial charge in [-0.2, -0.15) is 0 Å². The standard InChI is InChI=1S/C23H29FN4O/c1-3-25-21(29)18-9-7-8-17(14-18)15-27-22(26-4-2)28-16-23(12-13-23)19-10-5-6-11-20(19)24/h5-11,14H,3-4,12-13,15-16H2,1-2H3,(H,25,29)(H2,26,27,28). The number of hydrogen-bond acceptors (Lipinski definition) is 2. The topological polar surface area (TPSA) is 65.5 Å². The van der Waals surface area contributed by atoms with Crippen LogP contribution in [0.5, 0.6) is 0 Å². The van der Waals surface area contributed by atoms with Crippen molar-refractivity contribution in [2.24, 2.45) is 4.99 Å². The van der Waals surface area contributed by atoms with Gasteiger partial charge in [-0.05, 0) is 56.0 Å². The molecule has 154 valence electrons. The van der Waals surface area contributed by atoms with E-state index < -0.39 is 0 Å². The zero-order chi connectivity index (χ0) is 20.7. The molecule has 0 saturated heterocycles. The van der Waals surface area contributed by atoms with Gasteiger partial charge in [-0.25, -0.2) is 9.38 Å². The van der Waals surface area contributed by atoms with Gasteiger partial charge in [0.05, 0.1) is 6.54 Å². The van der Waals surface area contributed by atoms with Crippen molar-refractivity contribution in [1.29, 1.82) is 0 Å². The summed E-state index contributed by atoms with van der Waals surface area (Å²) in [5.74, 6) is 0.471. The number of aliphatic imine (C=N–C) groups is 1. The highest BCUT2D eigenvalue weighted by Crippen LogP contribution is 2.48. The molecule has 1 amide bonds. The van der Waals surface area contributed by atoms with Crippen LogP contribution in [-0.4, -0.2) is 31.5 Å². The lowest BCUT2D eigenvalue weighted by atomic mass is 9.95. The van der Waals surface area contributed by atoms with E-state index >= 15 is 0 Å². The van der Waals surface area contributed by atoms with Crippen LogP contribution >= 0.6 is 0 Å². The molecule has 0 bridgehead atoms. The summed E-state index contributed by atoms with van der Waals surface area (Å²) in [6.45, 7) is 6.33. The number of hydrogen-bond donors (Lipinski definition) is 3. The first-order chi connectivity index (χ1) is 14.1. The largest absolute Gasteiger partial charge is 0.357 e. The lowest BCUT2D eigenvalue weighted by Gasteiger charge is -2.19. The van der Waals surface area contributed by atoms with Crippen LogP contribution in [-0.2, 0) is 12.0 Å². The fourth-order valence-electron chi connectivity index (χ4n) is 3.42. The van der Waals surface area contributed by atoms with Crippen LogP contribution in [0.3, 0.4) is 0 Å². The lowest BCUT2D eigenvalue weighted by Crippen LogP contribution is -2.41. The number of nitrogens with one attached hydrogen (secondary N) is 3. The summed E-state index contributed by atoms with van der Waals surface area (Å²) in [5, 5.41) is 9.42. The Kier molecular flexibility index (Phi) is 6.86. The van der Waals surface area contributed by atoms with Gasteiger partial charge in [0.25, 0.3) is 5.91 Å².